The number of nitrogens with one attached hydrogen (secondary N) is 2. The highest BCUT2D eigenvalue weighted by atomic mass is 35.5. The van der Waals surface area contributed by atoms with Gasteiger partial charge in [0.25, 0.3) is 0 Å². The van der Waals surface area contributed by atoms with Crippen molar-refractivity contribution in [1.82, 2.24) is 10.2 Å². The molecule has 8 heteroatoms. The molecule has 0 saturated heterocycles. The number of carbonyl (C=O) groups is 2. The van der Waals surface area contributed by atoms with E-state index in [-0.39, 0.29) is 24.7 Å². The first-order valence-corrected chi connectivity index (χ1v) is 8.17. The number of rotatable bonds is 7. The van der Waals surface area contributed by atoms with Crippen LogP contribution in [0.4, 0.5) is 10.5 Å². The quantitative estimate of drug-likeness (QED) is 0.698. The molecule has 1 fully saturated rings. The average molecular weight is 356 g/mol. The van der Waals surface area contributed by atoms with E-state index in [4.69, 9.17) is 21.4 Å². The Morgan fingerprint density at radius 1 is 1.42 bits per heavy atom. The second kappa shape index (κ2) is 8.21. The zero-order chi connectivity index (χ0) is 17.7. The molecule has 0 aliphatic heterocycles. The van der Waals surface area contributed by atoms with Gasteiger partial charge in [0.1, 0.15) is 5.75 Å². The minimum atomic E-state index is -0.834. The van der Waals surface area contributed by atoms with Crippen LogP contribution in [0.1, 0.15) is 19.8 Å². The van der Waals surface area contributed by atoms with E-state index in [0.717, 1.165) is 12.8 Å². The predicted molar refractivity (Wildman–Crippen MR) is 91.9 cm³/mol. The average Bonchev–Trinajstić information content (AvgIpc) is 2.48. The molecule has 0 bridgehead atoms. The summed E-state index contributed by atoms with van der Waals surface area (Å²) in [6.07, 6.45) is 1.47. The van der Waals surface area contributed by atoms with Gasteiger partial charge < -0.3 is 20.5 Å². The molecule has 0 heterocycles. The van der Waals surface area contributed by atoms with Crippen LogP contribution >= 0.6 is 11.6 Å². The molecule has 132 valence electrons. The maximum Gasteiger partial charge on any atom is 0.319 e. The number of hydrogen-bond acceptors (Lipinski definition) is 4. The third kappa shape index (κ3) is 4.75. The van der Waals surface area contributed by atoms with Gasteiger partial charge in [-0.1, -0.05) is 18.5 Å². The molecule has 1 aliphatic rings. The standard InChI is InChI=1S/C16H22ClN3O4/c1-3-20(9-15(21)22)12-7-11(8-12)18-16(23)19-13-6-10(17)4-5-14(13)24-2/h4-6,11-12H,3,7-9H2,1-2H3,(H,21,22)(H2,18,19,23). The molecule has 2 amide bonds. The number of carboxylic acid groups (broad SMARTS) is 1. The Morgan fingerprint density at radius 2 is 2.12 bits per heavy atom. The minimum absolute atomic E-state index is 0.0276. The van der Waals surface area contributed by atoms with E-state index in [1.807, 2.05) is 11.8 Å². The van der Waals surface area contributed by atoms with Gasteiger partial charge in [-0.15, -0.1) is 0 Å². The number of halogens is 1. The van der Waals surface area contributed by atoms with Crippen molar-refractivity contribution in [1.29, 1.82) is 0 Å². The number of carboxylic acids is 1. The molecule has 1 saturated carbocycles. The fourth-order valence-corrected chi connectivity index (χ4v) is 2.97. The first kappa shape index (κ1) is 18.4. The van der Waals surface area contributed by atoms with E-state index < -0.39 is 5.97 Å². The molecule has 24 heavy (non-hydrogen) atoms. The van der Waals surface area contributed by atoms with Gasteiger partial charge in [0.05, 0.1) is 19.3 Å². The van der Waals surface area contributed by atoms with Crippen LogP contribution in [0.5, 0.6) is 5.75 Å². The topological polar surface area (TPSA) is 90.9 Å². The van der Waals surface area contributed by atoms with Gasteiger partial charge in [-0.3, -0.25) is 9.69 Å². The Balaban J connectivity index is 1.83. The summed E-state index contributed by atoms with van der Waals surface area (Å²) in [7, 11) is 1.52. The number of carbonyl (C=O) groups excluding carboxylic acids is 1. The molecule has 0 unspecified atom stereocenters. The van der Waals surface area contributed by atoms with Crippen molar-refractivity contribution in [3.63, 3.8) is 0 Å². The molecule has 7 nitrogen and oxygen atoms in total. The van der Waals surface area contributed by atoms with Crippen LogP contribution in [0.25, 0.3) is 0 Å². The van der Waals surface area contributed by atoms with E-state index >= 15 is 0 Å². The van der Waals surface area contributed by atoms with Gasteiger partial charge in [-0.25, -0.2) is 4.79 Å². The highest BCUT2D eigenvalue weighted by molar-refractivity contribution is 6.31. The van der Waals surface area contributed by atoms with Crippen LogP contribution in [0.2, 0.25) is 5.02 Å². The van der Waals surface area contributed by atoms with Gasteiger partial charge in [-0.05, 0) is 37.6 Å². The number of anilines is 1. The lowest BCUT2D eigenvalue weighted by Crippen LogP contribution is -2.55. The van der Waals surface area contributed by atoms with Crippen molar-refractivity contribution in [2.45, 2.75) is 31.8 Å². The second-order valence-electron chi connectivity index (χ2n) is 5.72. The van der Waals surface area contributed by atoms with Crippen molar-refractivity contribution < 1.29 is 19.4 Å². The summed E-state index contributed by atoms with van der Waals surface area (Å²) < 4.78 is 5.18. The van der Waals surface area contributed by atoms with Crippen LogP contribution in [0.15, 0.2) is 18.2 Å². The minimum Gasteiger partial charge on any atom is -0.495 e. The molecule has 0 radical (unpaired) electrons. The SMILES string of the molecule is CCN(CC(=O)O)C1CC(NC(=O)Nc2cc(Cl)ccc2OC)C1. The van der Waals surface area contributed by atoms with Crippen molar-refractivity contribution in [3.05, 3.63) is 23.2 Å². The number of methoxy groups -OCH3 is 1. The number of hydrogen-bond donors (Lipinski definition) is 3. The maximum atomic E-state index is 12.1. The van der Waals surface area contributed by atoms with Crippen molar-refractivity contribution >= 4 is 29.3 Å². The number of amides is 2. The summed E-state index contributed by atoms with van der Waals surface area (Å²) in [6, 6.07) is 4.87. The van der Waals surface area contributed by atoms with Gasteiger partial charge in [-0.2, -0.15) is 0 Å². The van der Waals surface area contributed by atoms with Crippen LogP contribution in [-0.2, 0) is 4.79 Å². The summed E-state index contributed by atoms with van der Waals surface area (Å²) in [4.78, 5) is 24.8. The largest absolute Gasteiger partial charge is 0.495 e. The normalized spacial score (nSPS) is 19.5. The fourth-order valence-electron chi connectivity index (χ4n) is 2.80. The molecular weight excluding hydrogens is 334 g/mol. The Morgan fingerprint density at radius 3 is 2.71 bits per heavy atom. The predicted octanol–water partition coefficient (Wildman–Crippen LogP) is 2.41. The van der Waals surface area contributed by atoms with Gasteiger partial charge in [0.15, 0.2) is 0 Å². The van der Waals surface area contributed by atoms with Crippen LogP contribution in [-0.4, -0.2) is 54.3 Å². The molecule has 1 aromatic rings. The smallest absolute Gasteiger partial charge is 0.319 e. The molecule has 1 aromatic carbocycles. The van der Waals surface area contributed by atoms with Crippen molar-refractivity contribution in [2.24, 2.45) is 0 Å². The Hall–Kier alpha value is -1.99. The second-order valence-corrected chi connectivity index (χ2v) is 6.16. The number of ether oxygens (including phenoxy) is 1. The third-order valence-corrected chi connectivity index (χ3v) is 4.35. The van der Waals surface area contributed by atoms with E-state index in [2.05, 4.69) is 10.6 Å². The van der Waals surface area contributed by atoms with Crippen molar-refractivity contribution in [3.8, 4) is 5.75 Å². The summed E-state index contributed by atoms with van der Waals surface area (Å²) in [6.45, 7) is 2.64. The van der Waals surface area contributed by atoms with E-state index in [0.29, 0.717) is 23.0 Å². The lowest BCUT2D eigenvalue weighted by Gasteiger charge is -2.42. The molecule has 0 atom stereocenters. The zero-order valence-electron chi connectivity index (χ0n) is 13.7. The fraction of sp³-hybridized carbons (Fsp3) is 0.500. The monoisotopic (exact) mass is 355 g/mol. The Labute approximate surface area is 145 Å². The van der Waals surface area contributed by atoms with Gasteiger partial charge in [0, 0.05) is 17.1 Å². The van der Waals surface area contributed by atoms with Crippen LogP contribution in [0, 0.1) is 0 Å². The molecular formula is C16H22ClN3O4. The number of benzene rings is 1. The summed E-state index contributed by atoms with van der Waals surface area (Å²) in [5.74, 6) is -0.307. The zero-order valence-corrected chi connectivity index (χ0v) is 14.5. The van der Waals surface area contributed by atoms with Gasteiger partial charge in [0.2, 0.25) is 0 Å². The third-order valence-electron chi connectivity index (χ3n) is 4.12. The summed E-state index contributed by atoms with van der Waals surface area (Å²) >= 11 is 5.93. The van der Waals surface area contributed by atoms with Gasteiger partial charge >= 0.3 is 12.0 Å². The van der Waals surface area contributed by atoms with E-state index in [1.165, 1.54) is 7.11 Å². The molecule has 2 rings (SSSR count). The lowest BCUT2D eigenvalue weighted by atomic mass is 9.85. The number of likely N-dealkylation sites (N-methyl/N-ethyl adjacent to an activating group) is 1. The number of urea groups is 1. The molecule has 1 aliphatic carbocycles. The molecule has 3 N–H and O–H groups in total. The molecule has 0 aromatic heterocycles. The van der Waals surface area contributed by atoms with E-state index in [1.54, 1.807) is 18.2 Å². The first-order valence-electron chi connectivity index (χ1n) is 7.79. The van der Waals surface area contributed by atoms with Crippen LogP contribution in [0.3, 0.4) is 0 Å². The summed E-state index contributed by atoms with van der Waals surface area (Å²) in [5, 5.41) is 15.0. The van der Waals surface area contributed by atoms with E-state index in [9.17, 15) is 9.59 Å². The number of nitrogens with zero attached hydrogens (tertiary/aromatic N) is 1. The lowest BCUT2D eigenvalue weighted by molar-refractivity contribution is -0.139. The highest BCUT2D eigenvalue weighted by Gasteiger charge is 2.34. The Bertz CT molecular complexity index is 605. The molecule has 0 spiro atoms. The Kier molecular flexibility index (Phi) is 6.28. The summed E-state index contributed by atoms with van der Waals surface area (Å²) in [5.41, 5.74) is 0.499. The first-order chi connectivity index (χ1) is 11.4. The maximum absolute atomic E-state index is 12.1. The van der Waals surface area contributed by atoms with Crippen molar-refractivity contribution in [2.75, 3.05) is 25.5 Å². The van der Waals surface area contributed by atoms with Crippen LogP contribution < -0.4 is 15.4 Å². The number of aliphatic carboxylic acids is 1. The highest BCUT2D eigenvalue weighted by Crippen LogP contribution is 2.28.